The van der Waals surface area contributed by atoms with Crippen molar-refractivity contribution in [2.75, 3.05) is 19.7 Å². The summed E-state index contributed by atoms with van der Waals surface area (Å²) in [5.74, 6) is -0.155. The van der Waals surface area contributed by atoms with E-state index in [1.54, 1.807) is 41.5 Å². The maximum Gasteiger partial charge on any atom is 0.310 e. The van der Waals surface area contributed by atoms with Crippen LogP contribution < -0.4 is 5.56 Å². The Kier molecular flexibility index (Phi) is 5.36. The summed E-state index contributed by atoms with van der Waals surface area (Å²) in [7, 11) is 0. The Labute approximate surface area is 173 Å². The number of fused-ring (bicyclic) bond motifs is 3. The molecular weight excluding hydrogens is 388 g/mol. The van der Waals surface area contributed by atoms with Gasteiger partial charge in [-0.1, -0.05) is 6.92 Å². The number of carbonyl (C=O) groups is 2. The second-order valence-corrected chi connectivity index (χ2v) is 7.61. The first-order chi connectivity index (χ1) is 14.5. The quantitative estimate of drug-likeness (QED) is 0.594. The lowest BCUT2D eigenvalue weighted by Gasteiger charge is -2.33. The van der Waals surface area contributed by atoms with Gasteiger partial charge in [0.15, 0.2) is 5.58 Å². The number of ether oxygens (including phenoxy) is 1. The van der Waals surface area contributed by atoms with Crippen LogP contribution in [-0.2, 0) is 20.7 Å². The highest BCUT2D eigenvalue weighted by molar-refractivity contribution is 5.83. The molecule has 1 fully saturated rings. The highest BCUT2D eigenvalue weighted by Crippen LogP contribution is 2.23. The minimum atomic E-state index is -0.782. The highest BCUT2D eigenvalue weighted by Gasteiger charge is 2.32. The number of amides is 1. The normalized spacial score (nSPS) is 18.1. The van der Waals surface area contributed by atoms with E-state index in [4.69, 9.17) is 9.15 Å². The van der Waals surface area contributed by atoms with Crippen molar-refractivity contribution in [1.82, 2.24) is 19.1 Å². The van der Waals surface area contributed by atoms with E-state index < -0.39 is 6.04 Å². The van der Waals surface area contributed by atoms with Gasteiger partial charge in [0.05, 0.1) is 24.3 Å². The molecule has 0 aliphatic carbocycles. The van der Waals surface area contributed by atoms with Crippen molar-refractivity contribution in [2.24, 2.45) is 5.92 Å². The van der Waals surface area contributed by atoms with Crippen LogP contribution in [0.15, 0.2) is 27.6 Å². The average Bonchev–Trinajstić information content (AvgIpc) is 3.35. The molecule has 0 bridgehead atoms. The van der Waals surface area contributed by atoms with Crippen molar-refractivity contribution in [2.45, 2.75) is 46.1 Å². The molecule has 0 N–H and O–H groups in total. The summed E-state index contributed by atoms with van der Waals surface area (Å²) in [5, 5.41) is 4.51. The zero-order valence-corrected chi connectivity index (χ0v) is 17.5. The largest absolute Gasteiger partial charge is 0.466 e. The van der Waals surface area contributed by atoms with Crippen LogP contribution in [0.5, 0.6) is 0 Å². The van der Waals surface area contributed by atoms with Crippen LogP contribution in [0.1, 0.15) is 45.5 Å². The predicted octanol–water partition coefficient (Wildman–Crippen LogP) is 2.17. The Hall–Kier alpha value is -3.10. The zero-order valence-electron chi connectivity index (χ0n) is 17.5. The van der Waals surface area contributed by atoms with Gasteiger partial charge in [0.1, 0.15) is 17.4 Å². The van der Waals surface area contributed by atoms with E-state index in [1.165, 1.54) is 4.68 Å². The first kappa shape index (κ1) is 20.2. The van der Waals surface area contributed by atoms with Gasteiger partial charge >= 0.3 is 5.97 Å². The van der Waals surface area contributed by atoms with Crippen molar-refractivity contribution in [3.8, 4) is 0 Å². The van der Waals surface area contributed by atoms with Crippen LogP contribution in [0.2, 0.25) is 0 Å². The molecule has 1 aliphatic heterocycles. The van der Waals surface area contributed by atoms with Crippen LogP contribution >= 0.6 is 0 Å². The number of hydrogen-bond acceptors (Lipinski definition) is 6. The monoisotopic (exact) mass is 414 g/mol. The third kappa shape index (κ3) is 3.28. The number of hydrogen-bond donors (Lipinski definition) is 0. The number of aryl methyl sites for hydroxylation is 1. The summed E-state index contributed by atoms with van der Waals surface area (Å²) in [4.78, 5) is 40.1. The molecule has 160 valence electrons. The second-order valence-electron chi connectivity index (χ2n) is 7.61. The molecule has 1 amide bonds. The van der Waals surface area contributed by atoms with Gasteiger partial charge in [-0.25, -0.2) is 4.68 Å². The van der Waals surface area contributed by atoms with E-state index in [9.17, 15) is 14.4 Å². The van der Waals surface area contributed by atoms with Gasteiger partial charge in [0, 0.05) is 31.6 Å². The van der Waals surface area contributed by atoms with Crippen molar-refractivity contribution < 1.29 is 18.7 Å². The summed E-state index contributed by atoms with van der Waals surface area (Å²) >= 11 is 0. The Morgan fingerprint density at radius 3 is 2.87 bits per heavy atom. The van der Waals surface area contributed by atoms with Crippen LogP contribution in [0.4, 0.5) is 0 Å². The van der Waals surface area contributed by atoms with Crippen LogP contribution in [-0.4, -0.2) is 50.7 Å². The van der Waals surface area contributed by atoms with Gasteiger partial charge in [-0.05, 0) is 26.7 Å². The minimum Gasteiger partial charge on any atom is -0.466 e. The fourth-order valence-corrected chi connectivity index (χ4v) is 4.18. The van der Waals surface area contributed by atoms with E-state index in [-0.39, 0.29) is 23.4 Å². The van der Waals surface area contributed by atoms with Crippen LogP contribution in [0, 0.1) is 5.92 Å². The van der Waals surface area contributed by atoms with E-state index in [0.29, 0.717) is 49.5 Å². The molecule has 30 heavy (non-hydrogen) atoms. The molecule has 9 heteroatoms. The molecule has 3 aromatic rings. The number of piperidine rings is 1. The molecule has 0 unspecified atom stereocenters. The van der Waals surface area contributed by atoms with Crippen molar-refractivity contribution in [3.63, 3.8) is 0 Å². The van der Waals surface area contributed by atoms with Gasteiger partial charge < -0.3 is 14.1 Å². The third-order valence-corrected chi connectivity index (χ3v) is 5.72. The number of aromatic nitrogens is 3. The molecule has 4 rings (SSSR count). The molecular formula is C21H26N4O5. The molecule has 0 aromatic carbocycles. The highest BCUT2D eigenvalue weighted by atomic mass is 16.5. The van der Waals surface area contributed by atoms with Crippen molar-refractivity contribution >= 4 is 28.5 Å². The Morgan fingerprint density at radius 2 is 2.13 bits per heavy atom. The SMILES string of the molecule is CCOC(=O)[C@@H]1CCCN(C(=O)[C@H](C)n2nc(CC)n3c(cc4occc43)c2=O)C1. The zero-order chi connectivity index (χ0) is 21.4. The van der Waals surface area contributed by atoms with Crippen molar-refractivity contribution in [1.29, 1.82) is 0 Å². The molecule has 0 spiro atoms. The van der Waals surface area contributed by atoms with Gasteiger partial charge in [-0.15, -0.1) is 0 Å². The Morgan fingerprint density at radius 1 is 1.33 bits per heavy atom. The summed E-state index contributed by atoms with van der Waals surface area (Å²) in [6, 6.07) is 2.70. The molecule has 0 radical (unpaired) electrons. The molecule has 9 nitrogen and oxygen atoms in total. The first-order valence-electron chi connectivity index (χ1n) is 10.4. The number of furan rings is 1. The summed E-state index contributed by atoms with van der Waals surface area (Å²) in [5.41, 5.74) is 1.47. The molecule has 0 saturated carbocycles. The number of nitrogens with zero attached hydrogens (tertiary/aromatic N) is 4. The van der Waals surface area contributed by atoms with Crippen molar-refractivity contribution in [3.05, 3.63) is 34.6 Å². The van der Waals surface area contributed by atoms with E-state index in [2.05, 4.69) is 5.10 Å². The standard InChI is InChI=1S/C21H26N4O5/c1-4-18-22-25(20(27)16-11-17-15(24(16)18)8-10-30-17)13(3)19(26)23-9-6-7-14(12-23)21(28)29-5-2/h8,10-11,13-14H,4-7,9,12H2,1-3H3/t13-,14+/m0/s1. The van der Waals surface area contributed by atoms with E-state index in [1.807, 2.05) is 6.92 Å². The first-order valence-corrected chi connectivity index (χ1v) is 10.4. The number of rotatable bonds is 5. The summed E-state index contributed by atoms with van der Waals surface area (Å²) < 4.78 is 13.6. The van der Waals surface area contributed by atoms with Gasteiger partial charge in [-0.2, -0.15) is 5.10 Å². The number of carbonyl (C=O) groups excluding carboxylic acids is 2. The lowest BCUT2D eigenvalue weighted by atomic mass is 9.97. The lowest BCUT2D eigenvalue weighted by Crippen LogP contribution is -2.47. The molecule has 2 atom stereocenters. The Bertz CT molecular complexity index is 1160. The fourth-order valence-electron chi connectivity index (χ4n) is 4.18. The molecule has 1 aliphatic rings. The number of esters is 1. The van der Waals surface area contributed by atoms with Gasteiger partial charge in [0.25, 0.3) is 5.56 Å². The third-order valence-electron chi connectivity index (χ3n) is 5.72. The van der Waals surface area contributed by atoms with E-state index >= 15 is 0 Å². The van der Waals surface area contributed by atoms with Gasteiger partial charge in [0.2, 0.25) is 5.91 Å². The van der Waals surface area contributed by atoms with Crippen LogP contribution in [0.25, 0.3) is 16.6 Å². The minimum absolute atomic E-state index is 0.222. The maximum atomic E-state index is 13.2. The summed E-state index contributed by atoms with van der Waals surface area (Å²) in [6.45, 7) is 6.56. The molecule has 4 heterocycles. The number of likely N-dealkylation sites (tertiary alicyclic amines) is 1. The summed E-state index contributed by atoms with van der Waals surface area (Å²) in [6.07, 6.45) is 3.58. The molecule has 3 aromatic heterocycles. The average molecular weight is 414 g/mol. The van der Waals surface area contributed by atoms with Gasteiger partial charge in [-0.3, -0.25) is 18.8 Å². The lowest BCUT2D eigenvalue weighted by molar-refractivity contribution is -0.151. The fraction of sp³-hybridized carbons (Fsp3) is 0.524. The maximum absolute atomic E-state index is 13.2. The van der Waals surface area contributed by atoms with Crippen LogP contribution in [0.3, 0.4) is 0 Å². The topological polar surface area (TPSA) is 99.1 Å². The smallest absolute Gasteiger partial charge is 0.310 e. The van der Waals surface area contributed by atoms with E-state index in [0.717, 1.165) is 11.9 Å². The molecule has 1 saturated heterocycles. The Balaban J connectivity index is 1.66. The predicted molar refractivity (Wildman–Crippen MR) is 109 cm³/mol. The second kappa shape index (κ2) is 7.97.